The first kappa shape index (κ1) is 21.4. The summed E-state index contributed by atoms with van der Waals surface area (Å²) in [6, 6.07) is 13.0. The molecule has 0 aliphatic rings. The van der Waals surface area contributed by atoms with Crippen molar-refractivity contribution in [1.82, 2.24) is 14.9 Å². The summed E-state index contributed by atoms with van der Waals surface area (Å²) in [5, 5.41) is 4.18. The summed E-state index contributed by atoms with van der Waals surface area (Å²) in [7, 11) is 0. The smallest absolute Gasteiger partial charge is 0.266 e. The highest BCUT2D eigenvalue weighted by Gasteiger charge is 2.15. The molecule has 0 aliphatic heterocycles. The molecule has 0 aliphatic carbocycles. The fourth-order valence-corrected chi connectivity index (χ4v) is 4.04. The second-order valence-electron chi connectivity index (χ2n) is 6.84. The number of benzene rings is 2. The van der Waals surface area contributed by atoms with E-state index >= 15 is 0 Å². The highest BCUT2D eigenvalue weighted by atomic mass is 35.5. The lowest BCUT2D eigenvalue weighted by Crippen LogP contribution is -2.26. The Bertz CT molecular complexity index is 1080. The average molecular weight is 430 g/mol. The fourth-order valence-electron chi connectivity index (χ4n) is 3.03. The van der Waals surface area contributed by atoms with E-state index in [2.05, 4.69) is 24.1 Å². The van der Waals surface area contributed by atoms with Gasteiger partial charge in [0.05, 0.1) is 22.3 Å². The van der Waals surface area contributed by atoms with Gasteiger partial charge in [-0.25, -0.2) is 4.98 Å². The van der Waals surface area contributed by atoms with Crippen molar-refractivity contribution in [3.8, 4) is 5.69 Å². The van der Waals surface area contributed by atoms with Crippen LogP contribution in [0.4, 0.5) is 0 Å². The van der Waals surface area contributed by atoms with Crippen LogP contribution in [0.2, 0.25) is 5.02 Å². The summed E-state index contributed by atoms with van der Waals surface area (Å²) in [5.74, 6) is 0.534. The van der Waals surface area contributed by atoms with Crippen molar-refractivity contribution in [1.29, 1.82) is 0 Å². The number of fused-ring (bicyclic) bond motifs is 1. The Hall–Kier alpha value is -2.31. The summed E-state index contributed by atoms with van der Waals surface area (Å²) >= 11 is 7.35. The van der Waals surface area contributed by atoms with E-state index < -0.39 is 0 Å². The van der Waals surface area contributed by atoms with Crippen molar-refractivity contribution in [3.05, 3.63) is 63.4 Å². The normalized spacial score (nSPS) is 12.1. The van der Waals surface area contributed by atoms with Crippen LogP contribution in [0.25, 0.3) is 16.6 Å². The van der Waals surface area contributed by atoms with Crippen LogP contribution in [-0.4, -0.2) is 27.8 Å². The molecule has 152 valence electrons. The number of rotatable bonds is 7. The average Bonchev–Trinajstić information content (AvgIpc) is 2.72. The monoisotopic (exact) mass is 429 g/mol. The minimum Gasteiger partial charge on any atom is -0.356 e. The standard InChI is InChI=1S/C22H24ClN3O2S/c1-4-14(3)15-6-9-17(10-7-15)26-21(28)18-12-16(23)8-11-19(18)25-22(26)29-13-20(27)24-5-2/h6-12,14H,4-5,13H2,1-3H3,(H,24,27). The van der Waals surface area contributed by atoms with Crippen LogP contribution in [0.5, 0.6) is 0 Å². The van der Waals surface area contributed by atoms with Crippen molar-refractivity contribution in [2.45, 2.75) is 38.3 Å². The van der Waals surface area contributed by atoms with Gasteiger partial charge in [0, 0.05) is 11.6 Å². The van der Waals surface area contributed by atoms with Crippen molar-refractivity contribution < 1.29 is 4.79 Å². The number of amides is 1. The lowest BCUT2D eigenvalue weighted by Gasteiger charge is -2.15. The van der Waals surface area contributed by atoms with Gasteiger partial charge in [0.25, 0.3) is 5.56 Å². The molecule has 0 radical (unpaired) electrons. The topological polar surface area (TPSA) is 64.0 Å². The molecule has 2 aromatic carbocycles. The maximum atomic E-state index is 13.3. The Balaban J connectivity index is 2.11. The molecule has 3 rings (SSSR count). The number of nitrogens with zero attached hydrogens (tertiary/aromatic N) is 2. The number of carbonyl (C=O) groups is 1. The number of nitrogens with one attached hydrogen (secondary N) is 1. The summed E-state index contributed by atoms with van der Waals surface area (Å²) in [6.45, 7) is 6.76. The van der Waals surface area contributed by atoms with Gasteiger partial charge < -0.3 is 5.32 Å². The minimum absolute atomic E-state index is 0.0957. The van der Waals surface area contributed by atoms with Gasteiger partial charge in [-0.3, -0.25) is 14.2 Å². The highest BCUT2D eigenvalue weighted by molar-refractivity contribution is 7.99. The van der Waals surface area contributed by atoms with Gasteiger partial charge in [-0.15, -0.1) is 0 Å². The molecule has 7 heteroatoms. The molecule has 1 heterocycles. The number of carbonyl (C=O) groups excluding carboxylic acids is 1. The minimum atomic E-state index is -0.202. The van der Waals surface area contributed by atoms with E-state index in [0.717, 1.165) is 12.1 Å². The van der Waals surface area contributed by atoms with E-state index in [-0.39, 0.29) is 17.2 Å². The summed E-state index contributed by atoms with van der Waals surface area (Å²) in [5.41, 5.74) is 2.30. The Morgan fingerprint density at radius 3 is 2.59 bits per heavy atom. The molecule has 29 heavy (non-hydrogen) atoms. The van der Waals surface area contributed by atoms with Gasteiger partial charge >= 0.3 is 0 Å². The van der Waals surface area contributed by atoms with Crippen LogP contribution in [-0.2, 0) is 4.79 Å². The van der Waals surface area contributed by atoms with Crippen LogP contribution in [0.3, 0.4) is 0 Å². The Morgan fingerprint density at radius 1 is 1.21 bits per heavy atom. The predicted octanol–water partition coefficient (Wildman–Crippen LogP) is 4.78. The number of hydrogen-bond donors (Lipinski definition) is 1. The van der Waals surface area contributed by atoms with Crippen molar-refractivity contribution >= 4 is 40.2 Å². The lowest BCUT2D eigenvalue weighted by molar-refractivity contribution is -0.118. The molecule has 3 aromatic rings. The maximum Gasteiger partial charge on any atom is 0.266 e. The quantitative estimate of drug-likeness (QED) is 0.433. The first-order chi connectivity index (χ1) is 13.9. The molecular weight excluding hydrogens is 406 g/mol. The molecule has 1 N–H and O–H groups in total. The van der Waals surface area contributed by atoms with Gasteiger partial charge in [-0.2, -0.15) is 0 Å². The zero-order valence-corrected chi connectivity index (χ0v) is 18.3. The number of thioether (sulfide) groups is 1. The molecule has 0 bridgehead atoms. The summed E-state index contributed by atoms with van der Waals surface area (Å²) in [4.78, 5) is 29.9. The predicted molar refractivity (Wildman–Crippen MR) is 120 cm³/mol. The van der Waals surface area contributed by atoms with Crippen molar-refractivity contribution in [2.75, 3.05) is 12.3 Å². The van der Waals surface area contributed by atoms with E-state index in [1.807, 2.05) is 31.2 Å². The Labute approximate surface area is 179 Å². The second kappa shape index (κ2) is 9.46. The van der Waals surface area contributed by atoms with Gasteiger partial charge in [-0.1, -0.05) is 49.3 Å². The molecule has 1 unspecified atom stereocenters. The Kier molecular flexibility index (Phi) is 6.98. The SMILES string of the molecule is CCNC(=O)CSc1nc2ccc(Cl)cc2c(=O)n1-c1ccc(C(C)CC)cc1. The van der Waals surface area contributed by atoms with Gasteiger partial charge in [-0.05, 0) is 55.2 Å². The molecule has 0 saturated carbocycles. The number of halogens is 1. The second-order valence-corrected chi connectivity index (χ2v) is 8.22. The third-order valence-corrected chi connectivity index (χ3v) is 6.01. The molecule has 0 fully saturated rings. The zero-order chi connectivity index (χ0) is 21.0. The highest BCUT2D eigenvalue weighted by Crippen LogP contribution is 2.25. The van der Waals surface area contributed by atoms with Crippen LogP contribution in [0.1, 0.15) is 38.7 Å². The van der Waals surface area contributed by atoms with Crippen LogP contribution in [0, 0.1) is 0 Å². The summed E-state index contributed by atoms with van der Waals surface area (Å²) in [6.07, 6.45) is 1.04. The zero-order valence-electron chi connectivity index (χ0n) is 16.7. The van der Waals surface area contributed by atoms with Crippen LogP contribution in [0.15, 0.2) is 52.4 Å². The maximum absolute atomic E-state index is 13.3. The van der Waals surface area contributed by atoms with E-state index in [9.17, 15) is 9.59 Å². The number of aromatic nitrogens is 2. The van der Waals surface area contributed by atoms with E-state index in [1.54, 1.807) is 22.8 Å². The van der Waals surface area contributed by atoms with Crippen LogP contribution >= 0.6 is 23.4 Å². The van der Waals surface area contributed by atoms with E-state index in [0.29, 0.717) is 33.5 Å². The third-order valence-electron chi connectivity index (χ3n) is 4.84. The van der Waals surface area contributed by atoms with Crippen molar-refractivity contribution in [3.63, 3.8) is 0 Å². The molecule has 1 amide bonds. The fraction of sp³-hybridized carbons (Fsp3) is 0.318. The molecule has 1 atom stereocenters. The van der Waals surface area contributed by atoms with Gasteiger partial charge in [0.2, 0.25) is 5.91 Å². The molecule has 0 saturated heterocycles. The molecule has 1 aromatic heterocycles. The first-order valence-corrected chi connectivity index (χ1v) is 11.0. The summed E-state index contributed by atoms with van der Waals surface area (Å²) < 4.78 is 1.56. The van der Waals surface area contributed by atoms with Crippen LogP contribution < -0.4 is 10.9 Å². The van der Waals surface area contributed by atoms with Gasteiger partial charge in [0.15, 0.2) is 5.16 Å². The lowest BCUT2D eigenvalue weighted by atomic mass is 9.98. The molecule has 0 spiro atoms. The largest absolute Gasteiger partial charge is 0.356 e. The first-order valence-electron chi connectivity index (χ1n) is 9.66. The third kappa shape index (κ3) is 4.82. The van der Waals surface area contributed by atoms with Gasteiger partial charge in [0.1, 0.15) is 0 Å². The Morgan fingerprint density at radius 2 is 1.93 bits per heavy atom. The van der Waals surface area contributed by atoms with Crippen molar-refractivity contribution in [2.24, 2.45) is 0 Å². The molecular formula is C22H24ClN3O2S. The molecule has 5 nitrogen and oxygen atoms in total. The number of hydrogen-bond acceptors (Lipinski definition) is 4. The van der Waals surface area contributed by atoms with E-state index in [4.69, 9.17) is 11.6 Å². The van der Waals surface area contributed by atoms with E-state index in [1.165, 1.54) is 17.3 Å².